The lowest BCUT2D eigenvalue weighted by atomic mass is 9.70. The van der Waals surface area contributed by atoms with Gasteiger partial charge in [0.15, 0.2) is 0 Å². The molecule has 25 heavy (non-hydrogen) atoms. The number of fused-ring (bicyclic) bond motifs is 2. The average Bonchev–Trinajstić information content (AvgIpc) is 3.33. The Morgan fingerprint density at radius 2 is 1.76 bits per heavy atom. The summed E-state index contributed by atoms with van der Waals surface area (Å²) < 4.78 is 0. The number of benzene rings is 1. The molecular weight excluding hydrogens is 310 g/mol. The van der Waals surface area contributed by atoms with Crippen molar-refractivity contribution >= 4 is 5.69 Å². The van der Waals surface area contributed by atoms with Gasteiger partial charge in [0, 0.05) is 5.69 Å². The molecule has 5 nitrogen and oxygen atoms in total. The lowest BCUT2D eigenvalue weighted by Gasteiger charge is -2.38. The predicted octanol–water partition coefficient (Wildman–Crippen LogP) is 2.81. The molecule has 2 aliphatic carbocycles. The summed E-state index contributed by atoms with van der Waals surface area (Å²) in [6.07, 6.45) is 6.40. The molecule has 1 heterocycles. The molecule has 1 aromatic carbocycles. The quantitative estimate of drug-likeness (QED) is 0.842. The number of allylic oxidation sites excluding steroid dienone is 2. The van der Waals surface area contributed by atoms with E-state index >= 15 is 0 Å². The first kappa shape index (κ1) is 15.3. The minimum absolute atomic E-state index is 0.0816. The summed E-state index contributed by atoms with van der Waals surface area (Å²) in [6, 6.07) is 15.4. The number of anilines is 1. The van der Waals surface area contributed by atoms with Crippen LogP contribution in [0.5, 0.6) is 0 Å². The van der Waals surface area contributed by atoms with Crippen molar-refractivity contribution in [2.45, 2.75) is 18.9 Å². The fourth-order valence-electron chi connectivity index (χ4n) is 4.82. The highest BCUT2D eigenvalue weighted by atomic mass is 15.3. The Kier molecular flexibility index (Phi) is 3.31. The van der Waals surface area contributed by atoms with Gasteiger partial charge in [0.2, 0.25) is 5.41 Å². The molecule has 5 heteroatoms. The van der Waals surface area contributed by atoms with E-state index in [9.17, 15) is 15.8 Å². The second-order valence-corrected chi connectivity index (χ2v) is 7.00. The predicted molar refractivity (Wildman–Crippen MR) is 92.0 cm³/mol. The van der Waals surface area contributed by atoms with Crippen LogP contribution in [0.1, 0.15) is 12.8 Å². The summed E-state index contributed by atoms with van der Waals surface area (Å²) in [4.78, 5) is 1.85. The minimum atomic E-state index is -1.53. The number of hydrogen-bond acceptors (Lipinski definition) is 5. The molecule has 1 fully saturated rings. The van der Waals surface area contributed by atoms with Crippen molar-refractivity contribution in [1.82, 2.24) is 0 Å². The highest BCUT2D eigenvalue weighted by Crippen LogP contribution is 2.55. The zero-order valence-electron chi connectivity index (χ0n) is 13.6. The third-order valence-electron chi connectivity index (χ3n) is 5.87. The van der Waals surface area contributed by atoms with Crippen molar-refractivity contribution in [1.29, 1.82) is 15.8 Å². The average molecular weight is 327 g/mol. The monoisotopic (exact) mass is 327 g/mol. The van der Waals surface area contributed by atoms with E-state index in [1.165, 1.54) is 0 Å². The fraction of sp³-hybridized carbons (Fsp3) is 0.350. The third-order valence-corrected chi connectivity index (χ3v) is 5.87. The topological polar surface area (TPSA) is 101 Å². The van der Waals surface area contributed by atoms with Crippen LogP contribution in [0, 0.1) is 57.2 Å². The van der Waals surface area contributed by atoms with E-state index in [4.69, 9.17) is 5.73 Å². The van der Waals surface area contributed by atoms with Crippen molar-refractivity contribution < 1.29 is 0 Å². The summed E-state index contributed by atoms with van der Waals surface area (Å²) in [6.45, 7) is 0. The number of rotatable bonds is 2. The number of nitriles is 3. The van der Waals surface area contributed by atoms with Crippen molar-refractivity contribution in [2.75, 3.05) is 4.90 Å². The van der Waals surface area contributed by atoms with Gasteiger partial charge in [-0.05, 0) is 42.7 Å². The molecule has 0 unspecified atom stereocenters. The molecule has 1 saturated carbocycles. The highest BCUT2D eigenvalue weighted by Gasteiger charge is 2.60. The molecule has 1 aromatic rings. The van der Waals surface area contributed by atoms with Crippen LogP contribution in [-0.2, 0) is 0 Å². The van der Waals surface area contributed by atoms with Gasteiger partial charge < -0.3 is 10.6 Å². The van der Waals surface area contributed by atoms with E-state index in [2.05, 4.69) is 30.4 Å². The van der Waals surface area contributed by atoms with E-state index in [1.54, 1.807) is 0 Å². The molecule has 122 valence electrons. The maximum atomic E-state index is 9.94. The van der Waals surface area contributed by atoms with Crippen LogP contribution in [0.4, 0.5) is 5.69 Å². The molecule has 2 bridgehead atoms. The molecule has 0 radical (unpaired) electrons. The first-order valence-corrected chi connectivity index (χ1v) is 8.41. The largest absolute Gasteiger partial charge is 0.384 e. The lowest BCUT2D eigenvalue weighted by molar-refractivity contribution is 0.302. The van der Waals surface area contributed by atoms with Crippen LogP contribution < -0.4 is 10.6 Å². The van der Waals surface area contributed by atoms with Gasteiger partial charge in [-0.25, -0.2) is 0 Å². The molecule has 0 spiro atoms. The number of hydrogen-bond donors (Lipinski definition) is 1. The van der Waals surface area contributed by atoms with Gasteiger partial charge in [-0.2, -0.15) is 15.8 Å². The van der Waals surface area contributed by atoms with Crippen LogP contribution in [0.25, 0.3) is 0 Å². The van der Waals surface area contributed by atoms with Gasteiger partial charge in [0.25, 0.3) is 0 Å². The molecular formula is C20H17N5. The van der Waals surface area contributed by atoms with Crippen LogP contribution in [0.3, 0.4) is 0 Å². The second kappa shape index (κ2) is 5.40. The van der Waals surface area contributed by atoms with E-state index in [0.717, 1.165) is 18.5 Å². The zero-order chi connectivity index (χ0) is 17.6. The third kappa shape index (κ3) is 1.92. The Balaban J connectivity index is 1.91. The Morgan fingerprint density at radius 1 is 1.04 bits per heavy atom. The van der Waals surface area contributed by atoms with Gasteiger partial charge >= 0.3 is 0 Å². The smallest absolute Gasteiger partial charge is 0.202 e. The first-order chi connectivity index (χ1) is 12.2. The summed E-state index contributed by atoms with van der Waals surface area (Å²) in [5.41, 5.74) is 5.68. The van der Waals surface area contributed by atoms with Gasteiger partial charge in [-0.15, -0.1) is 0 Å². The standard InChI is InChI=1S/C20H17N5/c21-10-17-19(24)25(15-4-2-1-3-5-15)18(20(17,11-22)12-23)16-9-13-6-7-14(16)8-13/h1-7,13-14,16,18H,8-9,24H2/t13-,14-,16-,18+/m0/s1. The molecule has 1 aliphatic heterocycles. The number of nitrogens with zero attached hydrogens (tertiary/aromatic N) is 4. The van der Waals surface area contributed by atoms with E-state index in [0.29, 0.717) is 11.8 Å². The van der Waals surface area contributed by atoms with E-state index < -0.39 is 11.5 Å². The summed E-state index contributed by atoms with van der Waals surface area (Å²) in [7, 11) is 0. The maximum Gasteiger partial charge on any atom is 0.202 e. The van der Waals surface area contributed by atoms with Gasteiger partial charge in [-0.3, -0.25) is 0 Å². The van der Waals surface area contributed by atoms with Crippen LogP contribution in [0.2, 0.25) is 0 Å². The van der Waals surface area contributed by atoms with Crippen molar-refractivity contribution in [3.8, 4) is 18.2 Å². The Bertz CT molecular complexity index is 879. The highest BCUT2D eigenvalue weighted by molar-refractivity contribution is 5.65. The normalized spacial score (nSPS) is 31.6. The van der Waals surface area contributed by atoms with Crippen LogP contribution in [-0.4, -0.2) is 6.04 Å². The Hall–Kier alpha value is -3.23. The SMILES string of the molecule is N#CC1=C(N)N(c2ccccc2)[C@H]([C@H]2C[C@H]3C=C[C@H]2C3)C1(C#N)C#N. The second-order valence-electron chi connectivity index (χ2n) is 7.00. The zero-order valence-corrected chi connectivity index (χ0v) is 13.6. The minimum Gasteiger partial charge on any atom is -0.384 e. The number of para-hydroxylation sites is 1. The molecule has 2 N–H and O–H groups in total. The summed E-state index contributed by atoms with van der Waals surface area (Å²) in [5, 5.41) is 29.5. The van der Waals surface area contributed by atoms with Gasteiger partial charge in [-0.1, -0.05) is 30.4 Å². The number of nitrogens with two attached hydrogens (primary N) is 1. The molecule has 3 aliphatic rings. The molecule has 0 aromatic heterocycles. The maximum absolute atomic E-state index is 9.94. The first-order valence-electron chi connectivity index (χ1n) is 8.41. The van der Waals surface area contributed by atoms with Crippen LogP contribution in [0.15, 0.2) is 53.9 Å². The van der Waals surface area contributed by atoms with E-state index in [-0.39, 0.29) is 17.3 Å². The summed E-state index contributed by atoms with van der Waals surface area (Å²) >= 11 is 0. The molecule has 0 saturated heterocycles. The molecule has 4 atom stereocenters. The van der Waals surface area contributed by atoms with Gasteiger partial charge in [0.05, 0.1) is 18.2 Å². The Labute approximate surface area is 146 Å². The van der Waals surface area contributed by atoms with E-state index in [1.807, 2.05) is 35.2 Å². The van der Waals surface area contributed by atoms with Crippen molar-refractivity contribution in [3.05, 3.63) is 53.9 Å². The molecule has 0 amide bonds. The van der Waals surface area contributed by atoms with Gasteiger partial charge in [0.1, 0.15) is 17.5 Å². The van der Waals surface area contributed by atoms with Crippen molar-refractivity contribution in [3.63, 3.8) is 0 Å². The van der Waals surface area contributed by atoms with Crippen molar-refractivity contribution in [2.24, 2.45) is 28.9 Å². The van der Waals surface area contributed by atoms with Crippen LogP contribution >= 0.6 is 0 Å². The lowest BCUT2D eigenvalue weighted by Crippen LogP contribution is -2.48. The Morgan fingerprint density at radius 3 is 2.28 bits per heavy atom. The fourth-order valence-corrected chi connectivity index (χ4v) is 4.82. The summed E-state index contributed by atoms with van der Waals surface area (Å²) in [5.74, 6) is 1.18. The molecule has 4 rings (SSSR count).